The monoisotopic (exact) mass is 420 g/mol. The molecule has 124 valence electrons. The molecule has 0 aromatic carbocycles. The number of aliphatic imine (C=N–C) groups is 1. The number of hydrogen-bond acceptors (Lipinski definition) is 3. The van der Waals surface area contributed by atoms with Crippen molar-refractivity contribution in [2.75, 3.05) is 13.1 Å². The third-order valence-electron chi connectivity index (χ3n) is 3.24. The standard InChI is InChI=1S/C15H24N4O2.HI/c1-11(2)18-15(16-8-7-13-4-3-9-21-13)19-12-5-6-14(20)17-10-12;/h3-4,9,11-12H,5-8,10H2,1-2H3,(H,17,20)(H2,16,18,19);1H. The number of nitrogens with one attached hydrogen (secondary N) is 3. The molecule has 1 atom stereocenters. The number of guanidine groups is 1. The summed E-state index contributed by atoms with van der Waals surface area (Å²) in [5.74, 6) is 1.85. The topological polar surface area (TPSA) is 78.7 Å². The summed E-state index contributed by atoms with van der Waals surface area (Å²) in [5, 5.41) is 9.57. The van der Waals surface area contributed by atoms with Gasteiger partial charge in [0.15, 0.2) is 5.96 Å². The van der Waals surface area contributed by atoms with Crippen molar-refractivity contribution in [3.63, 3.8) is 0 Å². The quantitative estimate of drug-likeness (QED) is 0.385. The highest BCUT2D eigenvalue weighted by atomic mass is 127. The lowest BCUT2D eigenvalue weighted by molar-refractivity contribution is -0.122. The molecule has 0 saturated carbocycles. The lowest BCUT2D eigenvalue weighted by atomic mass is 10.1. The van der Waals surface area contributed by atoms with E-state index < -0.39 is 0 Å². The van der Waals surface area contributed by atoms with E-state index in [1.807, 2.05) is 12.1 Å². The zero-order chi connectivity index (χ0) is 15.1. The van der Waals surface area contributed by atoms with Crippen LogP contribution in [0.25, 0.3) is 0 Å². The summed E-state index contributed by atoms with van der Waals surface area (Å²) in [7, 11) is 0. The highest BCUT2D eigenvalue weighted by Gasteiger charge is 2.18. The zero-order valence-corrected chi connectivity index (χ0v) is 15.4. The first-order valence-corrected chi connectivity index (χ1v) is 7.50. The van der Waals surface area contributed by atoms with Crippen molar-refractivity contribution in [2.24, 2.45) is 4.99 Å². The summed E-state index contributed by atoms with van der Waals surface area (Å²) in [6.07, 6.45) is 3.86. The molecule has 2 heterocycles. The van der Waals surface area contributed by atoms with Crippen molar-refractivity contribution in [3.8, 4) is 0 Å². The number of halogens is 1. The first-order chi connectivity index (χ1) is 10.1. The third kappa shape index (κ3) is 6.67. The van der Waals surface area contributed by atoms with Crippen LogP contribution in [0.1, 0.15) is 32.4 Å². The molecule has 0 aliphatic carbocycles. The molecule has 1 aliphatic heterocycles. The summed E-state index contributed by atoms with van der Waals surface area (Å²) < 4.78 is 5.30. The minimum absolute atomic E-state index is 0. The van der Waals surface area contributed by atoms with Crippen LogP contribution in [-0.4, -0.2) is 37.0 Å². The van der Waals surface area contributed by atoms with Crippen molar-refractivity contribution in [1.29, 1.82) is 0 Å². The maximum atomic E-state index is 11.2. The predicted molar refractivity (Wildman–Crippen MR) is 97.6 cm³/mol. The smallest absolute Gasteiger partial charge is 0.220 e. The van der Waals surface area contributed by atoms with Crippen LogP contribution in [-0.2, 0) is 11.2 Å². The Morgan fingerprint density at radius 2 is 2.36 bits per heavy atom. The normalized spacial score (nSPS) is 18.6. The minimum Gasteiger partial charge on any atom is -0.469 e. The molecule has 1 amide bonds. The fourth-order valence-electron chi connectivity index (χ4n) is 2.19. The van der Waals surface area contributed by atoms with E-state index in [1.165, 1.54) is 0 Å². The van der Waals surface area contributed by atoms with Gasteiger partial charge in [0, 0.05) is 38.0 Å². The number of piperidine rings is 1. The molecule has 1 saturated heterocycles. The minimum atomic E-state index is 0. The fourth-order valence-corrected chi connectivity index (χ4v) is 2.19. The molecule has 0 radical (unpaired) electrons. The predicted octanol–water partition coefficient (Wildman–Crippen LogP) is 1.66. The zero-order valence-electron chi connectivity index (χ0n) is 13.1. The Labute approximate surface area is 148 Å². The first kappa shape index (κ1) is 18.8. The third-order valence-corrected chi connectivity index (χ3v) is 3.24. The highest BCUT2D eigenvalue weighted by molar-refractivity contribution is 14.0. The molecule has 1 aliphatic rings. The molecule has 0 spiro atoms. The number of hydrogen-bond donors (Lipinski definition) is 3. The second-order valence-corrected chi connectivity index (χ2v) is 5.54. The van der Waals surface area contributed by atoms with Gasteiger partial charge in [0.25, 0.3) is 0 Å². The van der Waals surface area contributed by atoms with Gasteiger partial charge in [-0.05, 0) is 32.4 Å². The average molecular weight is 420 g/mol. The molecule has 1 aromatic heterocycles. The fraction of sp³-hybridized carbons (Fsp3) is 0.600. The van der Waals surface area contributed by atoms with Gasteiger partial charge in [-0.15, -0.1) is 24.0 Å². The van der Waals surface area contributed by atoms with E-state index in [1.54, 1.807) is 6.26 Å². The molecule has 1 aromatic rings. The summed E-state index contributed by atoms with van der Waals surface area (Å²) in [5.41, 5.74) is 0. The van der Waals surface area contributed by atoms with Crippen LogP contribution in [0.3, 0.4) is 0 Å². The van der Waals surface area contributed by atoms with Crippen LogP contribution in [0, 0.1) is 0 Å². The highest BCUT2D eigenvalue weighted by Crippen LogP contribution is 2.03. The maximum Gasteiger partial charge on any atom is 0.220 e. The second kappa shape index (κ2) is 9.70. The number of carbonyl (C=O) groups excluding carboxylic acids is 1. The Morgan fingerprint density at radius 3 is 2.95 bits per heavy atom. The Hall–Kier alpha value is -1.25. The van der Waals surface area contributed by atoms with Gasteiger partial charge in [-0.2, -0.15) is 0 Å². The van der Waals surface area contributed by atoms with Gasteiger partial charge in [0.1, 0.15) is 5.76 Å². The summed E-state index contributed by atoms with van der Waals surface area (Å²) >= 11 is 0. The van der Waals surface area contributed by atoms with Crippen LogP contribution in [0.4, 0.5) is 0 Å². The maximum absolute atomic E-state index is 11.2. The van der Waals surface area contributed by atoms with E-state index >= 15 is 0 Å². The second-order valence-electron chi connectivity index (χ2n) is 5.54. The Kier molecular flexibility index (Phi) is 8.29. The van der Waals surface area contributed by atoms with Crippen LogP contribution in [0.15, 0.2) is 27.8 Å². The van der Waals surface area contributed by atoms with Crippen LogP contribution >= 0.6 is 24.0 Å². The van der Waals surface area contributed by atoms with Crippen molar-refractivity contribution in [1.82, 2.24) is 16.0 Å². The molecule has 6 nitrogen and oxygen atoms in total. The molecule has 2 rings (SSSR count). The van der Waals surface area contributed by atoms with E-state index in [0.717, 1.165) is 24.6 Å². The van der Waals surface area contributed by atoms with Crippen molar-refractivity contribution in [3.05, 3.63) is 24.2 Å². The average Bonchev–Trinajstić information content (AvgIpc) is 2.94. The molecule has 1 fully saturated rings. The number of amides is 1. The van der Waals surface area contributed by atoms with E-state index in [0.29, 0.717) is 25.6 Å². The van der Waals surface area contributed by atoms with Gasteiger partial charge in [-0.3, -0.25) is 9.79 Å². The summed E-state index contributed by atoms with van der Waals surface area (Å²) in [6.45, 7) is 5.46. The van der Waals surface area contributed by atoms with Crippen LogP contribution < -0.4 is 16.0 Å². The molecular formula is C15H25IN4O2. The van der Waals surface area contributed by atoms with Gasteiger partial charge < -0.3 is 20.4 Å². The molecular weight excluding hydrogens is 395 g/mol. The molecule has 1 unspecified atom stereocenters. The largest absolute Gasteiger partial charge is 0.469 e. The SMILES string of the molecule is CC(C)NC(=NCCc1ccco1)NC1CCC(=O)NC1.I. The van der Waals surface area contributed by atoms with Crippen LogP contribution in [0.2, 0.25) is 0 Å². The van der Waals surface area contributed by atoms with Crippen molar-refractivity contribution < 1.29 is 9.21 Å². The summed E-state index contributed by atoms with van der Waals surface area (Å²) in [4.78, 5) is 15.8. The van der Waals surface area contributed by atoms with Gasteiger partial charge in [-0.25, -0.2) is 0 Å². The Bertz CT molecular complexity index is 464. The lowest BCUT2D eigenvalue weighted by Crippen LogP contribution is -2.52. The van der Waals surface area contributed by atoms with Gasteiger partial charge >= 0.3 is 0 Å². The van der Waals surface area contributed by atoms with Crippen molar-refractivity contribution >= 4 is 35.8 Å². The van der Waals surface area contributed by atoms with E-state index in [2.05, 4.69) is 34.8 Å². The Balaban J connectivity index is 0.00000242. The van der Waals surface area contributed by atoms with E-state index in [9.17, 15) is 4.79 Å². The van der Waals surface area contributed by atoms with Gasteiger partial charge in [0.05, 0.1) is 6.26 Å². The molecule has 3 N–H and O–H groups in total. The lowest BCUT2D eigenvalue weighted by Gasteiger charge is -2.26. The van der Waals surface area contributed by atoms with E-state index in [4.69, 9.17) is 4.42 Å². The molecule has 0 bridgehead atoms. The first-order valence-electron chi connectivity index (χ1n) is 7.50. The summed E-state index contributed by atoms with van der Waals surface area (Å²) in [6, 6.07) is 4.37. The van der Waals surface area contributed by atoms with E-state index in [-0.39, 0.29) is 35.9 Å². The number of carbonyl (C=O) groups is 1. The van der Waals surface area contributed by atoms with Gasteiger partial charge in [-0.1, -0.05) is 0 Å². The number of rotatable bonds is 5. The molecule has 22 heavy (non-hydrogen) atoms. The Morgan fingerprint density at radius 1 is 1.55 bits per heavy atom. The van der Waals surface area contributed by atoms with Crippen LogP contribution in [0.5, 0.6) is 0 Å². The number of furan rings is 1. The van der Waals surface area contributed by atoms with Gasteiger partial charge in [0.2, 0.25) is 5.91 Å². The van der Waals surface area contributed by atoms with Crippen molar-refractivity contribution in [2.45, 2.75) is 45.2 Å². The molecule has 7 heteroatoms. The number of nitrogens with zero attached hydrogens (tertiary/aromatic N) is 1.